The van der Waals surface area contributed by atoms with Gasteiger partial charge >= 0.3 is 5.97 Å². The minimum atomic E-state index is -0.456. The summed E-state index contributed by atoms with van der Waals surface area (Å²) in [5, 5.41) is 0. The highest BCUT2D eigenvalue weighted by Crippen LogP contribution is 2.14. The van der Waals surface area contributed by atoms with Gasteiger partial charge < -0.3 is 9.47 Å². The van der Waals surface area contributed by atoms with Crippen LogP contribution in [0.5, 0.6) is 0 Å². The number of esters is 1. The molecule has 0 aliphatic carbocycles. The van der Waals surface area contributed by atoms with Crippen LogP contribution in [-0.4, -0.2) is 34.9 Å². The zero-order valence-electron chi connectivity index (χ0n) is 10.9. The smallest absolute Gasteiger partial charge is 0.333 e. The number of methoxy groups -OCH3 is 1. The van der Waals surface area contributed by atoms with Gasteiger partial charge in [-0.25, -0.2) is 4.79 Å². The first-order valence-electron chi connectivity index (χ1n) is 5.90. The fourth-order valence-electron chi connectivity index (χ4n) is 1.51. The lowest BCUT2D eigenvalue weighted by Gasteiger charge is -2.21. The third-order valence-electron chi connectivity index (χ3n) is 2.65. The molecule has 0 aromatic heterocycles. The Morgan fingerprint density at radius 1 is 1.38 bits per heavy atom. The van der Waals surface area contributed by atoms with Crippen molar-refractivity contribution >= 4 is 15.5 Å². The second-order valence-corrected chi connectivity index (χ2v) is 6.72. The van der Waals surface area contributed by atoms with Crippen molar-refractivity contribution in [3.63, 3.8) is 0 Å². The van der Waals surface area contributed by atoms with Crippen LogP contribution in [0, 0.1) is 0 Å². The lowest BCUT2D eigenvalue weighted by Crippen LogP contribution is -2.28. The number of hydrogen-bond donors (Lipinski definition) is 0. The molecule has 0 spiro atoms. The van der Waals surface area contributed by atoms with Crippen molar-refractivity contribution in [3.05, 3.63) is 12.2 Å². The van der Waals surface area contributed by atoms with Crippen molar-refractivity contribution in [2.24, 2.45) is 0 Å². The molecule has 0 rings (SSSR count). The fraction of sp³-hybridized carbons (Fsp3) is 0.750. The Balaban J connectivity index is 4.17. The van der Waals surface area contributed by atoms with Gasteiger partial charge in [0.1, 0.15) is 0 Å². The Bertz CT molecular complexity index is 228. The lowest BCUT2D eigenvalue weighted by molar-refractivity contribution is -0.140. The molecule has 2 atom stereocenters. The summed E-state index contributed by atoms with van der Waals surface area (Å²) in [6.45, 7) is 10.3. The molecule has 0 aliphatic heterocycles. The first kappa shape index (κ1) is 15.4. The predicted molar refractivity (Wildman–Crippen MR) is 69.4 cm³/mol. The number of carbonyl (C=O) groups is 1. The standard InChI is InChI=1S/C12H24O3Si/c1-6-10(8-14-5)16-11(7-2)15-12(13)9(3)4/h10-11H,3,6-8,16H2,1-2,4-5H3. The van der Waals surface area contributed by atoms with Crippen molar-refractivity contribution in [1.82, 2.24) is 0 Å². The Labute approximate surface area is 101 Å². The molecule has 0 aliphatic rings. The lowest BCUT2D eigenvalue weighted by atomic mass is 10.3. The molecule has 0 fully saturated rings. The van der Waals surface area contributed by atoms with Crippen LogP contribution in [0.15, 0.2) is 12.2 Å². The van der Waals surface area contributed by atoms with Crippen molar-refractivity contribution in [2.75, 3.05) is 13.7 Å². The summed E-state index contributed by atoms with van der Waals surface area (Å²) in [4.78, 5) is 11.4. The first-order chi connectivity index (χ1) is 7.54. The van der Waals surface area contributed by atoms with E-state index in [1.165, 1.54) is 0 Å². The van der Waals surface area contributed by atoms with E-state index in [1.54, 1.807) is 14.0 Å². The quantitative estimate of drug-likeness (QED) is 0.371. The van der Waals surface area contributed by atoms with Crippen LogP contribution in [0.3, 0.4) is 0 Å². The minimum absolute atomic E-state index is 0.115. The molecule has 0 aromatic rings. The van der Waals surface area contributed by atoms with Crippen LogP contribution >= 0.6 is 0 Å². The van der Waals surface area contributed by atoms with E-state index >= 15 is 0 Å². The molecule has 3 nitrogen and oxygen atoms in total. The van der Waals surface area contributed by atoms with Gasteiger partial charge in [-0.3, -0.25) is 0 Å². The topological polar surface area (TPSA) is 35.5 Å². The SMILES string of the molecule is C=C(C)C(=O)OC(CC)[SiH2]C(CC)COC. The summed E-state index contributed by atoms with van der Waals surface area (Å²) in [5.74, 6) is -0.258. The Kier molecular flexibility index (Phi) is 8.20. The number of hydrogen-bond acceptors (Lipinski definition) is 3. The van der Waals surface area contributed by atoms with E-state index in [1.807, 2.05) is 0 Å². The molecule has 0 aromatic carbocycles. The summed E-state index contributed by atoms with van der Waals surface area (Å²) < 4.78 is 10.6. The molecule has 4 heteroatoms. The van der Waals surface area contributed by atoms with Gasteiger partial charge in [-0.2, -0.15) is 0 Å². The highest BCUT2D eigenvalue weighted by atomic mass is 28.2. The maximum absolute atomic E-state index is 11.4. The van der Waals surface area contributed by atoms with Crippen LogP contribution in [-0.2, 0) is 14.3 Å². The van der Waals surface area contributed by atoms with E-state index in [9.17, 15) is 4.79 Å². The molecule has 94 valence electrons. The Morgan fingerprint density at radius 3 is 2.38 bits per heavy atom. The Morgan fingerprint density at radius 2 is 2.00 bits per heavy atom. The first-order valence-corrected chi connectivity index (χ1v) is 7.53. The van der Waals surface area contributed by atoms with E-state index in [0.29, 0.717) is 11.1 Å². The monoisotopic (exact) mass is 244 g/mol. The molecule has 0 saturated carbocycles. The van der Waals surface area contributed by atoms with Crippen LogP contribution in [0.4, 0.5) is 0 Å². The van der Waals surface area contributed by atoms with Crippen LogP contribution in [0.25, 0.3) is 0 Å². The van der Waals surface area contributed by atoms with Gasteiger partial charge in [-0.1, -0.05) is 26.8 Å². The van der Waals surface area contributed by atoms with Crippen LogP contribution in [0.2, 0.25) is 5.54 Å². The van der Waals surface area contributed by atoms with Gasteiger partial charge in [0.25, 0.3) is 0 Å². The molecule has 0 bridgehead atoms. The van der Waals surface area contributed by atoms with Crippen molar-refractivity contribution in [1.29, 1.82) is 0 Å². The summed E-state index contributed by atoms with van der Waals surface area (Å²) in [6.07, 6.45) is 1.99. The van der Waals surface area contributed by atoms with Crippen molar-refractivity contribution in [3.8, 4) is 0 Å². The zero-order chi connectivity index (χ0) is 12.6. The van der Waals surface area contributed by atoms with Crippen LogP contribution < -0.4 is 0 Å². The molecular weight excluding hydrogens is 220 g/mol. The van der Waals surface area contributed by atoms with E-state index < -0.39 is 9.52 Å². The largest absolute Gasteiger partial charge is 0.464 e. The molecule has 2 unspecified atom stereocenters. The number of rotatable bonds is 8. The second-order valence-electron chi connectivity index (χ2n) is 4.18. The molecule has 0 heterocycles. The van der Waals surface area contributed by atoms with Gasteiger partial charge in [-0.15, -0.1) is 0 Å². The van der Waals surface area contributed by atoms with Crippen LogP contribution in [0.1, 0.15) is 33.6 Å². The fourth-order valence-corrected chi connectivity index (χ4v) is 3.54. The van der Waals surface area contributed by atoms with Gasteiger partial charge in [0.05, 0.1) is 15.2 Å². The summed E-state index contributed by atoms with van der Waals surface area (Å²) in [6, 6.07) is 0. The third kappa shape index (κ3) is 6.08. The second kappa shape index (κ2) is 8.53. The normalized spacial score (nSPS) is 15.0. The maximum atomic E-state index is 11.4. The number of ether oxygens (including phenoxy) is 2. The van der Waals surface area contributed by atoms with Gasteiger partial charge in [0, 0.05) is 19.3 Å². The summed E-state index contributed by atoms with van der Waals surface area (Å²) >= 11 is 0. The molecule has 0 radical (unpaired) electrons. The highest BCUT2D eigenvalue weighted by Gasteiger charge is 2.18. The molecule has 16 heavy (non-hydrogen) atoms. The van der Waals surface area contributed by atoms with E-state index in [0.717, 1.165) is 19.4 Å². The van der Waals surface area contributed by atoms with E-state index in [-0.39, 0.29) is 11.7 Å². The molecule has 0 amide bonds. The molecular formula is C12H24O3Si. The average molecular weight is 244 g/mol. The number of carbonyl (C=O) groups excluding carboxylic acids is 1. The Hall–Kier alpha value is -0.613. The molecule has 0 saturated heterocycles. The summed E-state index contributed by atoms with van der Waals surface area (Å²) in [5.41, 5.74) is 1.18. The van der Waals surface area contributed by atoms with Crippen molar-refractivity contribution < 1.29 is 14.3 Å². The zero-order valence-corrected chi connectivity index (χ0v) is 12.3. The summed E-state index contributed by atoms with van der Waals surface area (Å²) in [7, 11) is 1.26. The highest BCUT2D eigenvalue weighted by molar-refractivity contribution is 6.39. The minimum Gasteiger partial charge on any atom is -0.464 e. The van der Waals surface area contributed by atoms with Gasteiger partial charge in [0.2, 0.25) is 0 Å². The van der Waals surface area contributed by atoms with Gasteiger partial charge in [0.15, 0.2) is 0 Å². The average Bonchev–Trinajstić information content (AvgIpc) is 2.26. The van der Waals surface area contributed by atoms with E-state index in [4.69, 9.17) is 9.47 Å². The predicted octanol–water partition coefficient (Wildman–Crippen LogP) is 1.86. The maximum Gasteiger partial charge on any atom is 0.333 e. The van der Waals surface area contributed by atoms with Crippen molar-refractivity contribution in [2.45, 2.75) is 44.9 Å². The van der Waals surface area contributed by atoms with Gasteiger partial charge in [-0.05, 0) is 18.9 Å². The van der Waals surface area contributed by atoms with E-state index in [2.05, 4.69) is 20.4 Å². The third-order valence-corrected chi connectivity index (χ3v) is 5.40. The molecule has 0 N–H and O–H groups in total.